The van der Waals surface area contributed by atoms with Gasteiger partial charge in [0, 0.05) is 44.3 Å². The summed E-state index contributed by atoms with van der Waals surface area (Å²) < 4.78 is 11.0. The highest BCUT2D eigenvalue weighted by molar-refractivity contribution is 6.27. The third-order valence-electron chi connectivity index (χ3n) is 5.56. The van der Waals surface area contributed by atoms with E-state index in [1.54, 1.807) is 14.2 Å². The molecule has 0 aromatic heterocycles. The Bertz CT molecular complexity index is 655. The van der Waals surface area contributed by atoms with Gasteiger partial charge in [0.25, 0.3) is 0 Å². The maximum absolute atomic E-state index is 9.10. The van der Waals surface area contributed by atoms with Crippen LogP contribution in [0, 0.1) is 0 Å². The summed E-state index contributed by atoms with van der Waals surface area (Å²) in [5, 5.41) is 14.8. The van der Waals surface area contributed by atoms with Crippen molar-refractivity contribution in [1.82, 2.24) is 9.80 Å². The highest BCUT2D eigenvalue weighted by Crippen LogP contribution is 2.32. The van der Waals surface area contributed by atoms with Gasteiger partial charge in [0.1, 0.15) is 0 Å². The van der Waals surface area contributed by atoms with Gasteiger partial charge < -0.3 is 19.7 Å². The lowest BCUT2D eigenvalue weighted by Gasteiger charge is -2.40. The molecule has 8 nitrogen and oxygen atoms in total. The molecule has 1 aliphatic carbocycles. The molecule has 0 spiro atoms. The number of benzene rings is 1. The molecule has 2 N–H and O–H groups in total. The van der Waals surface area contributed by atoms with Gasteiger partial charge >= 0.3 is 11.9 Å². The van der Waals surface area contributed by atoms with Gasteiger partial charge in [-0.15, -0.1) is 0 Å². The molecule has 0 bridgehead atoms. The van der Waals surface area contributed by atoms with Crippen molar-refractivity contribution in [2.24, 2.45) is 0 Å². The van der Waals surface area contributed by atoms with Gasteiger partial charge in [0.15, 0.2) is 11.5 Å². The SMILES string of the molecule is COc1cccc(CN2CCN(C3CCCCC3)CC2)c1OC.O=C(O)C(=O)O. The Labute approximate surface area is 172 Å². The Kier molecular flexibility index (Phi) is 9.21. The number of para-hydroxylation sites is 1. The Morgan fingerprint density at radius 2 is 1.59 bits per heavy atom. The van der Waals surface area contributed by atoms with E-state index in [1.165, 1.54) is 50.8 Å². The zero-order valence-electron chi connectivity index (χ0n) is 17.3. The number of methoxy groups -OCH3 is 2. The number of aliphatic carboxylic acids is 2. The Hall–Kier alpha value is -2.32. The van der Waals surface area contributed by atoms with Gasteiger partial charge in [-0.05, 0) is 18.9 Å². The number of piperazine rings is 1. The zero-order valence-corrected chi connectivity index (χ0v) is 17.3. The highest BCUT2D eigenvalue weighted by Gasteiger charge is 2.25. The number of hydrogen-bond acceptors (Lipinski definition) is 6. The minimum absolute atomic E-state index is 0.825. The van der Waals surface area contributed by atoms with Crippen molar-refractivity contribution in [3.05, 3.63) is 23.8 Å². The van der Waals surface area contributed by atoms with Crippen LogP contribution in [0.2, 0.25) is 0 Å². The van der Waals surface area contributed by atoms with Crippen LogP contribution in [0.3, 0.4) is 0 Å². The van der Waals surface area contributed by atoms with Gasteiger partial charge in [-0.2, -0.15) is 0 Å². The topological polar surface area (TPSA) is 99.5 Å². The van der Waals surface area contributed by atoms with E-state index in [-0.39, 0.29) is 0 Å². The quantitative estimate of drug-likeness (QED) is 0.716. The molecule has 162 valence electrons. The lowest BCUT2D eigenvalue weighted by molar-refractivity contribution is -0.159. The van der Waals surface area contributed by atoms with Crippen LogP contribution in [-0.2, 0) is 16.1 Å². The molecule has 3 rings (SSSR count). The molecule has 0 radical (unpaired) electrons. The number of carbonyl (C=O) groups is 2. The van der Waals surface area contributed by atoms with Crippen LogP contribution >= 0.6 is 0 Å². The smallest absolute Gasteiger partial charge is 0.414 e. The summed E-state index contributed by atoms with van der Waals surface area (Å²) in [6.07, 6.45) is 7.09. The maximum atomic E-state index is 9.10. The maximum Gasteiger partial charge on any atom is 0.414 e. The monoisotopic (exact) mass is 408 g/mol. The number of nitrogens with zero attached hydrogens (tertiary/aromatic N) is 2. The molecule has 0 amide bonds. The third-order valence-corrected chi connectivity index (χ3v) is 5.56. The molecule has 0 unspecified atom stereocenters. The number of rotatable bonds is 5. The van der Waals surface area contributed by atoms with Crippen molar-refractivity contribution in [3.63, 3.8) is 0 Å². The predicted octanol–water partition coefficient (Wildman–Crippen LogP) is 2.31. The van der Waals surface area contributed by atoms with E-state index in [0.29, 0.717) is 0 Å². The summed E-state index contributed by atoms with van der Waals surface area (Å²) >= 11 is 0. The largest absolute Gasteiger partial charge is 0.493 e. The summed E-state index contributed by atoms with van der Waals surface area (Å²) in [5.74, 6) is -1.94. The van der Waals surface area contributed by atoms with E-state index >= 15 is 0 Å². The fourth-order valence-electron chi connectivity index (χ4n) is 4.05. The predicted molar refractivity (Wildman–Crippen MR) is 109 cm³/mol. The second kappa shape index (κ2) is 11.6. The molecule has 1 aromatic rings. The Morgan fingerprint density at radius 3 is 2.10 bits per heavy atom. The first-order chi connectivity index (χ1) is 14.0. The van der Waals surface area contributed by atoms with E-state index in [4.69, 9.17) is 29.3 Å². The van der Waals surface area contributed by atoms with E-state index in [9.17, 15) is 0 Å². The normalized spacial score (nSPS) is 18.4. The van der Waals surface area contributed by atoms with Crippen molar-refractivity contribution in [2.75, 3.05) is 40.4 Å². The van der Waals surface area contributed by atoms with Crippen LogP contribution in [0.15, 0.2) is 18.2 Å². The Morgan fingerprint density at radius 1 is 0.966 bits per heavy atom. The molecule has 2 aliphatic rings. The van der Waals surface area contributed by atoms with Crippen molar-refractivity contribution < 1.29 is 29.3 Å². The lowest BCUT2D eigenvalue weighted by atomic mass is 9.94. The molecular weight excluding hydrogens is 376 g/mol. The number of carboxylic acid groups (broad SMARTS) is 2. The molecule has 1 saturated heterocycles. The molecule has 0 atom stereocenters. The Balaban J connectivity index is 0.000000438. The van der Waals surface area contributed by atoms with Gasteiger partial charge in [0.05, 0.1) is 14.2 Å². The molecule has 1 aliphatic heterocycles. The molecule has 1 aromatic carbocycles. The van der Waals surface area contributed by atoms with Crippen LogP contribution in [0.1, 0.15) is 37.7 Å². The van der Waals surface area contributed by atoms with E-state index < -0.39 is 11.9 Å². The van der Waals surface area contributed by atoms with Gasteiger partial charge in [0.2, 0.25) is 0 Å². The minimum atomic E-state index is -1.82. The van der Waals surface area contributed by atoms with Crippen LogP contribution in [-0.4, -0.2) is 78.4 Å². The lowest BCUT2D eigenvalue weighted by Crippen LogP contribution is -2.50. The van der Waals surface area contributed by atoms with E-state index in [1.807, 2.05) is 6.07 Å². The average Bonchev–Trinajstić information content (AvgIpc) is 2.75. The van der Waals surface area contributed by atoms with Crippen LogP contribution < -0.4 is 9.47 Å². The van der Waals surface area contributed by atoms with Crippen molar-refractivity contribution >= 4 is 11.9 Å². The summed E-state index contributed by atoms with van der Waals surface area (Å²) in [6.45, 7) is 5.65. The highest BCUT2D eigenvalue weighted by atomic mass is 16.5. The standard InChI is InChI=1S/C19H30N2O2.C2H2O4/c1-22-18-10-6-7-16(19(18)23-2)15-20-11-13-21(14-12-20)17-8-4-3-5-9-17;3-1(4)2(5)6/h6-7,10,17H,3-5,8-9,11-15H2,1-2H3;(H,3,4)(H,5,6). The van der Waals surface area contributed by atoms with Crippen LogP contribution in [0.5, 0.6) is 11.5 Å². The van der Waals surface area contributed by atoms with E-state index in [2.05, 4.69) is 21.9 Å². The second-order valence-corrected chi connectivity index (χ2v) is 7.37. The number of ether oxygens (including phenoxy) is 2. The van der Waals surface area contributed by atoms with E-state index in [0.717, 1.165) is 37.2 Å². The number of carboxylic acids is 2. The molecule has 2 fully saturated rings. The zero-order chi connectivity index (χ0) is 21.2. The first-order valence-corrected chi connectivity index (χ1v) is 10.1. The third kappa shape index (κ3) is 6.90. The summed E-state index contributed by atoms with van der Waals surface area (Å²) in [7, 11) is 3.42. The first kappa shape index (κ1) is 23.0. The summed E-state index contributed by atoms with van der Waals surface area (Å²) in [6, 6.07) is 7.00. The molecular formula is C21H32N2O6. The number of hydrogen-bond donors (Lipinski definition) is 2. The van der Waals surface area contributed by atoms with Crippen LogP contribution in [0.4, 0.5) is 0 Å². The fraction of sp³-hybridized carbons (Fsp3) is 0.619. The molecule has 8 heteroatoms. The van der Waals surface area contributed by atoms with Gasteiger partial charge in [-0.3, -0.25) is 9.80 Å². The summed E-state index contributed by atoms with van der Waals surface area (Å²) in [4.78, 5) is 23.5. The average molecular weight is 408 g/mol. The summed E-state index contributed by atoms with van der Waals surface area (Å²) in [5.41, 5.74) is 1.22. The molecule has 1 heterocycles. The van der Waals surface area contributed by atoms with Crippen molar-refractivity contribution in [2.45, 2.75) is 44.7 Å². The fourth-order valence-corrected chi connectivity index (χ4v) is 4.05. The second-order valence-electron chi connectivity index (χ2n) is 7.37. The van der Waals surface area contributed by atoms with Gasteiger partial charge in [-0.25, -0.2) is 9.59 Å². The van der Waals surface area contributed by atoms with Crippen molar-refractivity contribution in [1.29, 1.82) is 0 Å². The first-order valence-electron chi connectivity index (χ1n) is 10.1. The van der Waals surface area contributed by atoms with Gasteiger partial charge in [-0.1, -0.05) is 31.4 Å². The molecule has 29 heavy (non-hydrogen) atoms. The van der Waals surface area contributed by atoms with Crippen molar-refractivity contribution in [3.8, 4) is 11.5 Å². The van der Waals surface area contributed by atoms with Crippen LogP contribution in [0.25, 0.3) is 0 Å². The minimum Gasteiger partial charge on any atom is -0.493 e. The molecule has 1 saturated carbocycles.